The molecular formula is C24H40O4. The van der Waals surface area contributed by atoms with E-state index in [1.54, 1.807) is 0 Å². The van der Waals surface area contributed by atoms with Gasteiger partial charge in [-0.2, -0.15) is 0 Å². The van der Waals surface area contributed by atoms with E-state index in [0.717, 1.165) is 38.9 Å². The molecule has 0 saturated carbocycles. The van der Waals surface area contributed by atoms with Crippen LogP contribution in [0.2, 0.25) is 0 Å². The summed E-state index contributed by atoms with van der Waals surface area (Å²) in [5.74, 6) is -0.136. The largest absolute Gasteiger partial charge is 0.481 e. The topological polar surface area (TPSA) is 55.8 Å². The molecule has 0 radical (unpaired) electrons. The molecule has 1 aliphatic rings. The summed E-state index contributed by atoms with van der Waals surface area (Å²) in [5.41, 5.74) is 2.76. The van der Waals surface area contributed by atoms with Crippen molar-refractivity contribution in [2.75, 3.05) is 13.2 Å². The number of aliphatic carboxylic acids is 1. The quantitative estimate of drug-likeness (QED) is 0.522. The minimum Gasteiger partial charge on any atom is -0.481 e. The van der Waals surface area contributed by atoms with Crippen LogP contribution in [0.15, 0.2) is 24.3 Å². The Morgan fingerprint density at radius 3 is 2.39 bits per heavy atom. The molecule has 1 aromatic carbocycles. The summed E-state index contributed by atoms with van der Waals surface area (Å²) in [4.78, 5) is 10.8. The molecule has 1 aromatic rings. The number of hydrogen-bond donors (Lipinski definition) is 1. The zero-order valence-electron chi connectivity index (χ0n) is 18.5. The van der Waals surface area contributed by atoms with E-state index in [0.29, 0.717) is 5.92 Å². The number of aryl methyl sites for hydroxylation is 1. The first-order valence-corrected chi connectivity index (χ1v) is 10.9. The van der Waals surface area contributed by atoms with E-state index in [1.807, 2.05) is 0 Å². The molecule has 2 rings (SSSR count). The molecule has 1 heterocycles. The molecule has 160 valence electrons. The summed E-state index contributed by atoms with van der Waals surface area (Å²) < 4.78 is 10.3. The Bertz CT molecular complexity index is 565. The maximum atomic E-state index is 10.8. The molecule has 1 aliphatic heterocycles. The summed E-state index contributed by atoms with van der Waals surface area (Å²) in [6, 6.07) is 8.53. The van der Waals surface area contributed by atoms with Crippen molar-refractivity contribution in [3.63, 3.8) is 0 Å². The lowest BCUT2D eigenvalue weighted by atomic mass is 9.67. The van der Waals surface area contributed by atoms with Crippen molar-refractivity contribution in [3.8, 4) is 0 Å². The third-order valence-corrected chi connectivity index (χ3v) is 5.87. The summed E-state index contributed by atoms with van der Waals surface area (Å²) in [6.07, 6.45) is 6.59. The maximum absolute atomic E-state index is 10.8. The fourth-order valence-corrected chi connectivity index (χ4v) is 4.03. The molecular weight excluding hydrogens is 352 g/mol. The van der Waals surface area contributed by atoms with Gasteiger partial charge in [-0.3, -0.25) is 4.79 Å². The van der Waals surface area contributed by atoms with Gasteiger partial charge in [-0.1, -0.05) is 71.2 Å². The van der Waals surface area contributed by atoms with Crippen LogP contribution >= 0.6 is 0 Å². The first-order valence-electron chi connectivity index (χ1n) is 10.9. The van der Waals surface area contributed by atoms with Gasteiger partial charge in [0.2, 0.25) is 0 Å². The molecule has 1 saturated heterocycles. The van der Waals surface area contributed by atoms with Crippen molar-refractivity contribution in [3.05, 3.63) is 35.4 Å². The molecule has 4 heteroatoms. The van der Waals surface area contributed by atoms with Gasteiger partial charge in [-0.15, -0.1) is 0 Å². The van der Waals surface area contributed by atoms with Crippen molar-refractivity contribution < 1.29 is 19.4 Å². The van der Waals surface area contributed by atoms with Gasteiger partial charge in [0.15, 0.2) is 6.29 Å². The monoisotopic (exact) mass is 392 g/mol. The van der Waals surface area contributed by atoms with Crippen LogP contribution in [0.25, 0.3) is 0 Å². The zero-order valence-corrected chi connectivity index (χ0v) is 18.5. The van der Waals surface area contributed by atoms with Crippen LogP contribution in [-0.2, 0) is 19.7 Å². The van der Waals surface area contributed by atoms with Crippen LogP contribution in [0.3, 0.4) is 0 Å². The molecule has 1 fully saturated rings. The first kappa shape index (κ1) is 24.6. The van der Waals surface area contributed by atoms with E-state index in [2.05, 4.69) is 58.9 Å². The smallest absolute Gasteiger partial charge is 0.303 e. The Morgan fingerprint density at radius 2 is 1.86 bits per heavy atom. The third kappa shape index (κ3) is 7.92. The number of carboxylic acid groups (broad SMARTS) is 1. The lowest BCUT2D eigenvalue weighted by molar-refractivity contribution is -0.137. The fraction of sp³-hybridized carbons (Fsp3) is 0.708. The summed E-state index contributed by atoms with van der Waals surface area (Å²) in [5, 5.41) is 8.88. The molecule has 0 aliphatic carbocycles. The SMILES string of the molecule is CCCC(C)C(C)(CCCC(=O)O)c1ccccc1C.CCCC1OCCO1. The molecule has 0 aromatic heterocycles. The van der Waals surface area contributed by atoms with Crippen LogP contribution in [0.5, 0.6) is 0 Å². The van der Waals surface area contributed by atoms with Crippen molar-refractivity contribution in [2.45, 2.75) is 91.3 Å². The Kier molecular flexibility index (Phi) is 11.4. The van der Waals surface area contributed by atoms with Crippen molar-refractivity contribution >= 4 is 5.97 Å². The first-order chi connectivity index (χ1) is 13.3. The van der Waals surface area contributed by atoms with Crippen molar-refractivity contribution in [2.24, 2.45) is 5.92 Å². The molecule has 0 amide bonds. The van der Waals surface area contributed by atoms with E-state index < -0.39 is 5.97 Å². The van der Waals surface area contributed by atoms with Gasteiger partial charge in [0.05, 0.1) is 13.2 Å². The number of benzene rings is 1. The van der Waals surface area contributed by atoms with Crippen LogP contribution in [0.4, 0.5) is 0 Å². The lowest BCUT2D eigenvalue weighted by Crippen LogP contribution is -2.31. The number of rotatable bonds is 10. The van der Waals surface area contributed by atoms with E-state index in [4.69, 9.17) is 14.6 Å². The Balaban J connectivity index is 0.000000406. The summed E-state index contributed by atoms with van der Waals surface area (Å²) >= 11 is 0. The maximum Gasteiger partial charge on any atom is 0.303 e. The second-order valence-electron chi connectivity index (χ2n) is 8.13. The molecule has 0 bridgehead atoms. The minimum absolute atomic E-state index is 0.0663. The van der Waals surface area contributed by atoms with Crippen LogP contribution in [0, 0.1) is 12.8 Å². The lowest BCUT2D eigenvalue weighted by Gasteiger charge is -2.38. The highest BCUT2D eigenvalue weighted by molar-refractivity contribution is 5.66. The van der Waals surface area contributed by atoms with Crippen LogP contribution in [-0.4, -0.2) is 30.6 Å². The minimum atomic E-state index is -0.694. The Labute approximate surface area is 171 Å². The number of hydrogen-bond acceptors (Lipinski definition) is 3. The van der Waals surface area contributed by atoms with Gasteiger partial charge in [-0.05, 0) is 48.6 Å². The van der Waals surface area contributed by atoms with Gasteiger partial charge in [-0.25, -0.2) is 0 Å². The predicted octanol–water partition coefficient (Wildman–Crippen LogP) is 6.10. The average molecular weight is 393 g/mol. The second-order valence-corrected chi connectivity index (χ2v) is 8.13. The molecule has 0 spiro atoms. The predicted molar refractivity (Wildman–Crippen MR) is 115 cm³/mol. The average Bonchev–Trinajstić information content (AvgIpc) is 3.16. The van der Waals surface area contributed by atoms with Crippen LogP contribution < -0.4 is 0 Å². The van der Waals surface area contributed by atoms with Crippen molar-refractivity contribution in [1.29, 1.82) is 0 Å². The molecule has 28 heavy (non-hydrogen) atoms. The van der Waals surface area contributed by atoms with Gasteiger partial charge in [0, 0.05) is 6.42 Å². The normalized spacial score (nSPS) is 17.5. The van der Waals surface area contributed by atoms with E-state index >= 15 is 0 Å². The highest BCUT2D eigenvalue weighted by Gasteiger charge is 2.33. The zero-order chi connectivity index (χ0) is 21.0. The molecule has 2 atom stereocenters. The van der Waals surface area contributed by atoms with E-state index in [1.165, 1.54) is 24.0 Å². The van der Waals surface area contributed by atoms with Crippen LogP contribution in [0.1, 0.15) is 83.8 Å². The Hall–Kier alpha value is -1.39. The Morgan fingerprint density at radius 1 is 1.21 bits per heavy atom. The van der Waals surface area contributed by atoms with Gasteiger partial charge < -0.3 is 14.6 Å². The number of carboxylic acids is 1. The standard InChI is InChI=1S/C18H28O2.C6H12O2/c1-5-9-15(3)18(4,13-8-12-17(19)20)16-11-7-6-10-14(16)2;1-2-3-6-7-4-5-8-6/h6-7,10-11,15H,5,8-9,12-13H2,1-4H3,(H,19,20);6H,2-5H2,1H3. The van der Waals surface area contributed by atoms with Crippen molar-refractivity contribution in [1.82, 2.24) is 0 Å². The summed E-state index contributed by atoms with van der Waals surface area (Å²) in [7, 11) is 0. The second kappa shape index (κ2) is 12.9. The van der Waals surface area contributed by atoms with E-state index in [-0.39, 0.29) is 18.1 Å². The molecule has 4 nitrogen and oxygen atoms in total. The third-order valence-electron chi connectivity index (χ3n) is 5.87. The highest BCUT2D eigenvalue weighted by Crippen LogP contribution is 2.40. The number of carbonyl (C=O) groups is 1. The number of ether oxygens (including phenoxy) is 2. The van der Waals surface area contributed by atoms with Gasteiger partial charge in [0.1, 0.15) is 0 Å². The summed E-state index contributed by atoms with van der Waals surface area (Å²) in [6.45, 7) is 12.7. The van der Waals surface area contributed by atoms with E-state index in [9.17, 15) is 4.79 Å². The molecule has 2 unspecified atom stereocenters. The highest BCUT2D eigenvalue weighted by atomic mass is 16.7. The fourth-order valence-electron chi connectivity index (χ4n) is 4.03. The molecule has 1 N–H and O–H groups in total. The van der Waals surface area contributed by atoms with Gasteiger partial charge in [0.25, 0.3) is 0 Å². The van der Waals surface area contributed by atoms with Gasteiger partial charge >= 0.3 is 5.97 Å².